The summed E-state index contributed by atoms with van der Waals surface area (Å²) >= 11 is 1.48. The van der Waals surface area contributed by atoms with Crippen LogP contribution in [0, 0.1) is 0 Å². The number of hydrogen-bond acceptors (Lipinski definition) is 6. The maximum atomic E-state index is 11.7. The third-order valence-electron chi connectivity index (χ3n) is 4.34. The number of ketones is 1. The Morgan fingerprint density at radius 1 is 0.903 bits per heavy atom. The standard InChI is InChI=1S/C12H10O3S.C11H12N2OS/c13-16(14,15)12-8-6-11(7-9-12)10-4-2-1-3-5-10;14-10(9-4-2-1-3-5-9)8-15-11-12-6-7-13-11/h1-9H,(H,13,14,15);1-5H,6-8H2,(H,12,13). The summed E-state index contributed by atoms with van der Waals surface area (Å²) in [6, 6.07) is 25.0. The number of hydrogen-bond donors (Lipinski definition) is 2. The molecule has 8 heteroatoms. The van der Waals surface area contributed by atoms with Gasteiger partial charge >= 0.3 is 0 Å². The van der Waals surface area contributed by atoms with Crippen LogP contribution in [0.5, 0.6) is 0 Å². The molecule has 0 saturated heterocycles. The van der Waals surface area contributed by atoms with Gasteiger partial charge in [0.25, 0.3) is 10.1 Å². The molecular formula is C23H22N2O4S2. The number of carbonyl (C=O) groups is 1. The lowest BCUT2D eigenvalue weighted by Gasteiger charge is -2.02. The van der Waals surface area contributed by atoms with Crippen LogP contribution in [0.2, 0.25) is 0 Å². The van der Waals surface area contributed by atoms with Gasteiger partial charge in [-0.05, 0) is 23.3 Å². The Morgan fingerprint density at radius 3 is 2.03 bits per heavy atom. The zero-order chi connectivity index (χ0) is 22.1. The summed E-state index contributed by atoms with van der Waals surface area (Å²) < 4.78 is 30.5. The maximum Gasteiger partial charge on any atom is 0.294 e. The summed E-state index contributed by atoms with van der Waals surface area (Å²) in [5, 5.41) is 4.01. The Bertz CT molecular complexity index is 1130. The van der Waals surface area contributed by atoms with E-state index in [0.717, 1.165) is 34.9 Å². The third-order valence-corrected chi connectivity index (χ3v) is 6.16. The first-order chi connectivity index (χ1) is 14.9. The van der Waals surface area contributed by atoms with Gasteiger partial charge in [0.05, 0.1) is 17.2 Å². The van der Waals surface area contributed by atoms with Crippen molar-refractivity contribution in [2.24, 2.45) is 4.99 Å². The molecule has 1 aliphatic rings. The van der Waals surface area contributed by atoms with Gasteiger partial charge in [0, 0.05) is 12.1 Å². The van der Waals surface area contributed by atoms with Gasteiger partial charge in [0.15, 0.2) is 11.0 Å². The second-order valence-electron chi connectivity index (χ2n) is 6.56. The molecule has 0 fully saturated rings. The average molecular weight is 455 g/mol. The van der Waals surface area contributed by atoms with Crippen molar-refractivity contribution in [2.75, 3.05) is 18.8 Å². The molecule has 0 aromatic heterocycles. The molecule has 6 nitrogen and oxygen atoms in total. The van der Waals surface area contributed by atoms with E-state index in [9.17, 15) is 13.2 Å². The van der Waals surface area contributed by atoms with Crippen LogP contribution in [0.4, 0.5) is 0 Å². The predicted molar refractivity (Wildman–Crippen MR) is 125 cm³/mol. The summed E-state index contributed by atoms with van der Waals surface area (Å²) in [5.74, 6) is 0.604. The average Bonchev–Trinajstić information content (AvgIpc) is 3.32. The number of amidine groups is 1. The fraction of sp³-hybridized carbons (Fsp3) is 0.130. The van der Waals surface area contributed by atoms with Crippen LogP contribution in [0.1, 0.15) is 10.4 Å². The molecule has 3 aromatic carbocycles. The lowest BCUT2D eigenvalue weighted by molar-refractivity contribution is 0.102. The Balaban J connectivity index is 0.000000176. The van der Waals surface area contributed by atoms with Gasteiger partial charge in [-0.3, -0.25) is 14.3 Å². The summed E-state index contributed by atoms with van der Waals surface area (Å²) in [5.41, 5.74) is 2.68. The number of Topliss-reactive ketones (excluding diaryl/α,β-unsaturated/α-hetero) is 1. The molecule has 160 valence electrons. The number of nitrogens with zero attached hydrogens (tertiary/aromatic N) is 1. The fourth-order valence-corrected chi connectivity index (χ4v) is 4.07. The van der Waals surface area contributed by atoms with Gasteiger partial charge in [-0.15, -0.1) is 0 Å². The van der Waals surface area contributed by atoms with Crippen LogP contribution in [-0.4, -0.2) is 42.8 Å². The summed E-state index contributed by atoms with van der Waals surface area (Å²) in [6.45, 7) is 1.71. The second kappa shape index (κ2) is 10.9. The Labute approximate surface area is 186 Å². The zero-order valence-electron chi connectivity index (χ0n) is 16.6. The van der Waals surface area contributed by atoms with Crippen molar-refractivity contribution in [2.45, 2.75) is 4.90 Å². The minimum Gasteiger partial charge on any atom is -0.363 e. The van der Waals surface area contributed by atoms with Crippen LogP contribution in [0.25, 0.3) is 11.1 Å². The van der Waals surface area contributed by atoms with Crippen molar-refractivity contribution < 1.29 is 17.8 Å². The Morgan fingerprint density at radius 2 is 1.48 bits per heavy atom. The number of rotatable bonds is 5. The smallest absolute Gasteiger partial charge is 0.294 e. The minimum absolute atomic E-state index is 0.0906. The molecule has 0 radical (unpaired) electrons. The van der Waals surface area contributed by atoms with Crippen molar-refractivity contribution in [3.8, 4) is 11.1 Å². The van der Waals surface area contributed by atoms with Crippen LogP contribution >= 0.6 is 11.8 Å². The highest BCUT2D eigenvalue weighted by Gasteiger charge is 2.10. The van der Waals surface area contributed by atoms with E-state index in [1.807, 2.05) is 60.7 Å². The van der Waals surface area contributed by atoms with E-state index < -0.39 is 10.1 Å². The molecule has 31 heavy (non-hydrogen) atoms. The van der Waals surface area contributed by atoms with Gasteiger partial charge in [-0.25, -0.2) is 0 Å². The normalized spacial score (nSPS) is 12.9. The van der Waals surface area contributed by atoms with Gasteiger partial charge in [0.2, 0.25) is 0 Å². The first-order valence-corrected chi connectivity index (χ1v) is 12.0. The lowest BCUT2D eigenvalue weighted by atomic mass is 10.1. The highest BCUT2D eigenvalue weighted by atomic mass is 32.2. The Hall–Kier alpha value is -2.94. The molecule has 4 rings (SSSR count). The maximum absolute atomic E-state index is 11.7. The summed E-state index contributed by atoms with van der Waals surface area (Å²) in [6.07, 6.45) is 0. The summed E-state index contributed by atoms with van der Waals surface area (Å²) in [4.78, 5) is 15.8. The van der Waals surface area contributed by atoms with Gasteiger partial charge < -0.3 is 5.32 Å². The monoisotopic (exact) mass is 454 g/mol. The first-order valence-electron chi connectivity index (χ1n) is 9.56. The number of nitrogens with one attached hydrogen (secondary N) is 1. The van der Waals surface area contributed by atoms with Gasteiger partial charge in [0.1, 0.15) is 0 Å². The first kappa shape index (κ1) is 22.7. The summed E-state index contributed by atoms with van der Waals surface area (Å²) in [7, 11) is -4.10. The fourth-order valence-electron chi connectivity index (χ4n) is 2.76. The van der Waals surface area contributed by atoms with E-state index >= 15 is 0 Å². The molecule has 1 aliphatic heterocycles. The molecule has 0 atom stereocenters. The molecule has 0 bridgehead atoms. The second-order valence-corrected chi connectivity index (χ2v) is 8.94. The third kappa shape index (κ3) is 7.06. The Kier molecular flexibility index (Phi) is 8.00. The van der Waals surface area contributed by atoms with E-state index in [-0.39, 0.29) is 10.7 Å². The topological polar surface area (TPSA) is 95.8 Å². The number of benzene rings is 3. The minimum atomic E-state index is -4.10. The molecule has 0 amide bonds. The lowest BCUT2D eigenvalue weighted by Crippen LogP contribution is -2.17. The van der Waals surface area contributed by atoms with Crippen LogP contribution < -0.4 is 5.32 Å². The number of aliphatic imine (C=N–C) groups is 1. The molecular weight excluding hydrogens is 432 g/mol. The zero-order valence-corrected chi connectivity index (χ0v) is 18.3. The van der Waals surface area contributed by atoms with E-state index in [2.05, 4.69) is 10.3 Å². The molecule has 3 aromatic rings. The van der Waals surface area contributed by atoms with Crippen LogP contribution in [-0.2, 0) is 10.1 Å². The number of thioether (sulfide) groups is 1. The highest BCUT2D eigenvalue weighted by Crippen LogP contribution is 2.20. The van der Waals surface area contributed by atoms with E-state index in [4.69, 9.17) is 4.55 Å². The number of carbonyl (C=O) groups excluding carboxylic acids is 1. The SMILES string of the molecule is O=C(CSC1=NCCN1)c1ccccc1.O=S(=O)(O)c1ccc(-c2ccccc2)cc1. The van der Waals surface area contributed by atoms with Crippen molar-refractivity contribution >= 4 is 32.8 Å². The van der Waals surface area contributed by atoms with E-state index in [1.165, 1.54) is 23.9 Å². The predicted octanol–water partition coefficient (Wildman–Crippen LogP) is 4.16. The largest absolute Gasteiger partial charge is 0.363 e. The van der Waals surface area contributed by atoms with Crippen LogP contribution in [0.15, 0.2) is 94.8 Å². The van der Waals surface area contributed by atoms with Crippen molar-refractivity contribution in [1.29, 1.82) is 0 Å². The molecule has 0 aliphatic carbocycles. The van der Waals surface area contributed by atoms with Crippen molar-refractivity contribution in [1.82, 2.24) is 5.32 Å². The highest BCUT2D eigenvalue weighted by molar-refractivity contribution is 8.14. The molecule has 0 spiro atoms. The molecule has 0 saturated carbocycles. The van der Waals surface area contributed by atoms with Crippen molar-refractivity contribution in [3.63, 3.8) is 0 Å². The van der Waals surface area contributed by atoms with E-state index in [1.54, 1.807) is 12.1 Å². The van der Waals surface area contributed by atoms with Gasteiger partial charge in [-0.2, -0.15) is 8.42 Å². The quantitative estimate of drug-likeness (QED) is 0.444. The van der Waals surface area contributed by atoms with Gasteiger partial charge in [-0.1, -0.05) is 84.6 Å². The van der Waals surface area contributed by atoms with E-state index in [0.29, 0.717) is 5.75 Å². The molecule has 1 heterocycles. The molecule has 2 N–H and O–H groups in total. The molecule has 0 unspecified atom stereocenters. The van der Waals surface area contributed by atoms with Crippen molar-refractivity contribution in [3.05, 3.63) is 90.5 Å². The van der Waals surface area contributed by atoms with Crippen LogP contribution in [0.3, 0.4) is 0 Å².